The Bertz CT molecular complexity index is 489. The van der Waals surface area contributed by atoms with Crippen LogP contribution in [0.4, 0.5) is 0 Å². The van der Waals surface area contributed by atoms with Gasteiger partial charge in [0, 0.05) is 17.7 Å². The molecule has 2 aliphatic carbocycles. The van der Waals surface area contributed by atoms with Gasteiger partial charge in [0.05, 0.1) is 7.11 Å². The maximum absolute atomic E-state index is 11.9. The number of allylic oxidation sites excluding steroid dienone is 1. The molecule has 0 heterocycles. The number of ether oxygens (including phenoxy) is 1. The average Bonchev–Trinajstić information content (AvgIpc) is 3.21. The number of aliphatic imine (C=N–C) groups is 1. The van der Waals surface area contributed by atoms with Crippen LogP contribution in [0.1, 0.15) is 38.5 Å². The van der Waals surface area contributed by atoms with Crippen LogP contribution in [-0.2, 0) is 9.53 Å². The second-order valence-electron chi connectivity index (χ2n) is 5.57. The van der Waals surface area contributed by atoms with Crippen LogP contribution in [0.15, 0.2) is 28.1 Å². The van der Waals surface area contributed by atoms with Crippen LogP contribution >= 0.6 is 11.6 Å². The van der Waals surface area contributed by atoms with E-state index in [1.165, 1.54) is 20.0 Å². The molecule has 6 heteroatoms. The fraction of sp³-hybridized carbons (Fsp3) is 0.600. The van der Waals surface area contributed by atoms with E-state index in [-0.39, 0.29) is 16.6 Å². The molecule has 0 aromatic heterocycles. The van der Waals surface area contributed by atoms with Crippen molar-refractivity contribution in [1.82, 2.24) is 5.32 Å². The number of halogens is 1. The number of nitrogens with zero attached hydrogens (tertiary/aromatic N) is 1. The smallest absolute Gasteiger partial charge is 0.358 e. The Balaban J connectivity index is 2.17. The number of carbonyl (C=O) groups excluding carboxylic acids is 1. The Morgan fingerprint density at radius 3 is 2.48 bits per heavy atom. The van der Waals surface area contributed by atoms with Gasteiger partial charge in [0.25, 0.3) is 0 Å². The molecule has 0 atom stereocenters. The highest BCUT2D eigenvalue weighted by atomic mass is 35.5. The zero-order valence-electron chi connectivity index (χ0n) is 12.3. The second-order valence-corrected chi connectivity index (χ2v) is 5.95. The van der Waals surface area contributed by atoms with Gasteiger partial charge in [-0.2, -0.15) is 0 Å². The van der Waals surface area contributed by atoms with Gasteiger partial charge in [-0.3, -0.25) is 0 Å². The molecule has 2 rings (SSSR count). The van der Waals surface area contributed by atoms with Crippen molar-refractivity contribution in [1.29, 1.82) is 0 Å². The van der Waals surface area contributed by atoms with Crippen LogP contribution < -0.4 is 11.1 Å². The molecule has 2 fully saturated rings. The van der Waals surface area contributed by atoms with Crippen LogP contribution in [0.3, 0.4) is 0 Å². The number of rotatable bonds is 6. The number of hydrogen-bond acceptors (Lipinski definition) is 5. The quantitative estimate of drug-likeness (QED) is 0.583. The number of methoxy groups -OCH3 is 1. The molecule has 2 saturated carbocycles. The SMILES string of the molecule is C=C(/N=C(C(=O)OC)\C(Cl)=C(/N)NC1CCCC1)C1CC1. The summed E-state index contributed by atoms with van der Waals surface area (Å²) in [6.45, 7) is 3.88. The second kappa shape index (κ2) is 6.98. The van der Waals surface area contributed by atoms with Gasteiger partial charge >= 0.3 is 5.97 Å². The largest absolute Gasteiger partial charge is 0.464 e. The monoisotopic (exact) mass is 311 g/mol. The summed E-state index contributed by atoms with van der Waals surface area (Å²) in [5.74, 6) is 0.0208. The lowest BCUT2D eigenvalue weighted by atomic mass is 10.2. The highest BCUT2D eigenvalue weighted by Crippen LogP contribution is 2.36. The van der Waals surface area contributed by atoms with Gasteiger partial charge in [-0.25, -0.2) is 9.79 Å². The summed E-state index contributed by atoms with van der Waals surface area (Å²) in [5.41, 5.74) is 6.66. The van der Waals surface area contributed by atoms with Gasteiger partial charge in [-0.1, -0.05) is 31.0 Å². The molecule has 116 valence electrons. The Morgan fingerprint density at radius 2 is 1.95 bits per heavy atom. The molecule has 0 saturated heterocycles. The van der Waals surface area contributed by atoms with Crippen molar-refractivity contribution < 1.29 is 9.53 Å². The van der Waals surface area contributed by atoms with Gasteiger partial charge < -0.3 is 15.8 Å². The molecular weight excluding hydrogens is 290 g/mol. The van der Waals surface area contributed by atoms with Crippen LogP contribution in [0, 0.1) is 5.92 Å². The summed E-state index contributed by atoms with van der Waals surface area (Å²) in [6, 6.07) is 0.310. The van der Waals surface area contributed by atoms with Gasteiger partial charge in [0.15, 0.2) is 5.71 Å². The van der Waals surface area contributed by atoms with E-state index in [1.54, 1.807) is 0 Å². The molecule has 0 spiro atoms. The molecule has 0 radical (unpaired) electrons. The van der Waals surface area contributed by atoms with Crippen molar-refractivity contribution in [3.8, 4) is 0 Å². The fourth-order valence-corrected chi connectivity index (χ4v) is 2.59. The number of carbonyl (C=O) groups is 1. The minimum atomic E-state index is -0.599. The van der Waals surface area contributed by atoms with Crippen molar-refractivity contribution in [3.05, 3.63) is 23.1 Å². The molecule has 3 N–H and O–H groups in total. The molecule has 5 nitrogen and oxygen atoms in total. The van der Waals surface area contributed by atoms with Gasteiger partial charge in [0.1, 0.15) is 10.9 Å². The first-order valence-electron chi connectivity index (χ1n) is 7.31. The zero-order chi connectivity index (χ0) is 15.4. The zero-order valence-corrected chi connectivity index (χ0v) is 13.1. The van der Waals surface area contributed by atoms with Crippen molar-refractivity contribution in [2.45, 2.75) is 44.6 Å². The van der Waals surface area contributed by atoms with E-state index in [0.717, 1.165) is 25.7 Å². The first-order valence-corrected chi connectivity index (χ1v) is 7.68. The molecule has 0 amide bonds. The predicted octanol–water partition coefficient (Wildman–Crippen LogP) is 2.42. The van der Waals surface area contributed by atoms with Gasteiger partial charge in [-0.05, 0) is 25.7 Å². The summed E-state index contributed by atoms with van der Waals surface area (Å²) in [6.07, 6.45) is 6.58. The van der Waals surface area contributed by atoms with Crippen LogP contribution in [0.2, 0.25) is 0 Å². The lowest BCUT2D eigenvalue weighted by molar-refractivity contribution is -0.132. The molecule has 0 bridgehead atoms. The molecule has 0 unspecified atom stereocenters. The van der Waals surface area contributed by atoms with Crippen molar-refractivity contribution in [2.75, 3.05) is 7.11 Å². The molecule has 21 heavy (non-hydrogen) atoms. The number of nitrogens with one attached hydrogen (secondary N) is 1. The van der Waals surface area contributed by atoms with Gasteiger partial charge in [0.2, 0.25) is 0 Å². The Kier molecular flexibility index (Phi) is 5.28. The van der Waals surface area contributed by atoms with E-state index in [0.29, 0.717) is 17.7 Å². The minimum Gasteiger partial charge on any atom is -0.464 e. The van der Waals surface area contributed by atoms with Crippen LogP contribution in [0.25, 0.3) is 0 Å². The van der Waals surface area contributed by atoms with Crippen molar-refractivity contribution >= 4 is 23.3 Å². The summed E-state index contributed by atoms with van der Waals surface area (Å²) in [5, 5.41) is 3.27. The summed E-state index contributed by atoms with van der Waals surface area (Å²) >= 11 is 6.24. The highest BCUT2D eigenvalue weighted by Gasteiger charge is 2.27. The minimum absolute atomic E-state index is 0.0269. The standard InChI is InChI=1S/C15H22ClN3O2/c1-9(10-7-8-10)18-13(15(20)21-2)12(16)14(17)19-11-5-3-4-6-11/h10-11,19H,1,3-8,17H2,2H3/b14-12-,18-13+. The van der Waals surface area contributed by atoms with Crippen molar-refractivity contribution in [3.63, 3.8) is 0 Å². The predicted molar refractivity (Wildman–Crippen MR) is 83.8 cm³/mol. The summed E-state index contributed by atoms with van der Waals surface area (Å²) in [7, 11) is 1.29. The topological polar surface area (TPSA) is 76.7 Å². The van der Waals surface area contributed by atoms with E-state index >= 15 is 0 Å². The molecule has 0 aromatic rings. The average molecular weight is 312 g/mol. The lowest BCUT2D eigenvalue weighted by Gasteiger charge is -2.15. The van der Waals surface area contributed by atoms with E-state index in [2.05, 4.69) is 16.9 Å². The first kappa shape index (κ1) is 15.9. The normalized spacial score (nSPS) is 21.0. The lowest BCUT2D eigenvalue weighted by Crippen LogP contribution is -2.32. The van der Waals surface area contributed by atoms with Crippen LogP contribution in [-0.4, -0.2) is 24.8 Å². The third-order valence-electron chi connectivity index (χ3n) is 3.84. The number of hydrogen-bond donors (Lipinski definition) is 2. The molecular formula is C15H22ClN3O2. The van der Waals surface area contributed by atoms with Crippen LogP contribution in [0.5, 0.6) is 0 Å². The summed E-state index contributed by atoms with van der Waals surface area (Å²) < 4.78 is 4.74. The number of nitrogens with two attached hydrogens (primary N) is 1. The van der Waals surface area contributed by atoms with Gasteiger partial charge in [-0.15, -0.1) is 0 Å². The summed E-state index contributed by atoms with van der Waals surface area (Å²) in [4.78, 5) is 16.1. The molecule has 2 aliphatic rings. The third kappa shape index (κ3) is 4.24. The maximum Gasteiger partial charge on any atom is 0.358 e. The maximum atomic E-state index is 11.9. The van der Waals surface area contributed by atoms with E-state index in [4.69, 9.17) is 22.1 Å². The van der Waals surface area contributed by atoms with Crippen molar-refractivity contribution in [2.24, 2.45) is 16.6 Å². The van der Waals surface area contributed by atoms with E-state index in [9.17, 15) is 4.79 Å². The first-order chi connectivity index (χ1) is 10.0. The van der Waals surface area contributed by atoms with E-state index < -0.39 is 5.97 Å². The third-order valence-corrected chi connectivity index (χ3v) is 4.22. The molecule has 0 aliphatic heterocycles. The number of esters is 1. The Morgan fingerprint density at radius 1 is 1.33 bits per heavy atom. The Labute approximate surface area is 130 Å². The van der Waals surface area contributed by atoms with E-state index in [1.807, 2.05) is 0 Å². The highest BCUT2D eigenvalue weighted by molar-refractivity contribution is 6.58. The molecule has 0 aromatic carbocycles. The Hall–Kier alpha value is -1.49. The fourth-order valence-electron chi connectivity index (χ4n) is 2.41.